The van der Waals surface area contributed by atoms with Gasteiger partial charge in [0.15, 0.2) is 0 Å². The van der Waals surface area contributed by atoms with E-state index in [1.54, 1.807) is 18.6 Å². The van der Waals surface area contributed by atoms with E-state index in [1.807, 2.05) is 4.90 Å². The highest BCUT2D eigenvalue weighted by molar-refractivity contribution is 5.92. The zero-order valence-electron chi connectivity index (χ0n) is 16.2. The standard InChI is InChI=1S/C22H25N5O/c1-25-19(10-17-4-2-3-5-21(17)25)15-26-12-16-6-7-18(26)14-27(13-16)22(28)20-11-23-8-9-24-20/h2-5,8-11,16,18H,6-7,12-15H2,1H3/t16-,18-/m1/s1. The molecule has 0 saturated carbocycles. The summed E-state index contributed by atoms with van der Waals surface area (Å²) in [7, 11) is 2.15. The number of carbonyl (C=O) groups excluding carboxylic acids is 1. The third kappa shape index (κ3) is 3.07. The summed E-state index contributed by atoms with van der Waals surface area (Å²) in [6, 6.07) is 11.2. The smallest absolute Gasteiger partial charge is 0.274 e. The summed E-state index contributed by atoms with van der Waals surface area (Å²) in [6.45, 7) is 3.57. The number of hydrogen-bond donors (Lipinski definition) is 0. The van der Waals surface area contributed by atoms with Crippen molar-refractivity contribution in [3.05, 3.63) is 60.3 Å². The van der Waals surface area contributed by atoms with Gasteiger partial charge in [0, 0.05) is 62.9 Å². The van der Waals surface area contributed by atoms with Crippen molar-refractivity contribution in [2.45, 2.75) is 25.4 Å². The predicted octanol–water partition coefficient (Wildman–Crippen LogP) is 2.70. The molecule has 3 fully saturated rings. The summed E-state index contributed by atoms with van der Waals surface area (Å²) in [5, 5.41) is 1.29. The molecule has 1 aromatic carbocycles. The molecule has 0 N–H and O–H groups in total. The molecule has 28 heavy (non-hydrogen) atoms. The summed E-state index contributed by atoms with van der Waals surface area (Å²) in [5.74, 6) is 0.533. The first kappa shape index (κ1) is 17.4. The minimum Gasteiger partial charge on any atom is -0.346 e. The Bertz CT molecular complexity index is 999. The summed E-state index contributed by atoms with van der Waals surface area (Å²) >= 11 is 0. The number of aromatic nitrogens is 3. The van der Waals surface area contributed by atoms with Crippen LogP contribution in [0.3, 0.4) is 0 Å². The van der Waals surface area contributed by atoms with Crippen LogP contribution in [0.25, 0.3) is 10.9 Å². The maximum atomic E-state index is 12.9. The number of hydrogen-bond acceptors (Lipinski definition) is 4. The second kappa shape index (κ2) is 7.02. The van der Waals surface area contributed by atoms with Crippen molar-refractivity contribution in [3.8, 4) is 0 Å². The van der Waals surface area contributed by atoms with Gasteiger partial charge in [-0.2, -0.15) is 0 Å². The van der Waals surface area contributed by atoms with E-state index < -0.39 is 0 Å². The number of para-hydroxylation sites is 1. The van der Waals surface area contributed by atoms with Gasteiger partial charge in [0.05, 0.1) is 6.20 Å². The largest absolute Gasteiger partial charge is 0.346 e. The Morgan fingerprint density at radius 3 is 2.86 bits per heavy atom. The summed E-state index contributed by atoms with van der Waals surface area (Å²) < 4.78 is 2.30. The molecule has 6 heteroatoms. The van der Waals surface area contributed by atoms with Crippen molar-refractivity contribution in [1.29, 1.82) is 0 Å². The Kier molecular flexibility index (Phi) is 4.36. The summed E-state index contributed by atoms with van der Waals surface area (Å²) in [6.07, 6.45) is 7.11. The lowest BCUT2D eigenvalue weighted by Crippen LogP contribution is -2.44. The van der Waals surface area contributed by atoms with Gasteiger partial charge in [0.2, 0.25) is 0 Å². The molecule has 0 spiro atoms. The average molecular weight is 375 g/mol. The molecule has 2 bridgehead atoms. The molecule has 3 aliphatic rings. The Balaban J connectivity index is 1.36. The highest BCUT2D eigenvalue weighted by atomic mass is 16.2. The highest BCUT2D eigenvalue weighted by Gasteiger charge is 2.37. The van der Waals surface area contributed by atoms with Crippen molar-refractivity contribution in [2.75, 3.05) is 19.6 Å². The van der Waals surface area contributed by atoms with Crippen LogP contribution in [0.5, 0.6) is 0 Å². The third-order valence-corrected chi connectivity index (χ3v) is 6.31. The van der Waals surface area contributed by atoms with E-state index in [9.17, 15) is 4.79 Å². The van der Waals surface area contributed by atoms with Crippen LogP contribution >= 0.6 is 0 Å². The van der Waals surface area contributed by atoms with E-state index in [0.717, 1.165) is 32.6 Å². The highest BCUT2D eigenvalue weighted by Crippen LogP contribution is 2.30. The Morgan fingerprint density at radius 2 is 2.04 bits per heavy atom. The molecule has 6 rings (SSSR count). The summed E-state index contributed by atoms with van der Waals surface area (Å²) in [4.78, 5) is 25.7. The lowest BCUT2D eigenvalue weighted by atomic mass is 9.95. The zero-order valence-corrected chi connectivity index (χ0v) is 16.2. The number of carbonyl (C=O) groups is 1. The fourth-order valence-corrected chi connectivity index (χ4v) is 4.82. The fourth-order valence-electron chi connectivity index (χ4n) is 4.82. The van der Waals surface area contributed by atoms with Crippen LogP contribution in [0.4, 0.5) is 0 Å². The molecular weight excluding hydrogens is 350 g/mol. The molecule has 3 saturated heterocycles. The van der Waals surface area contributed by atoms with Gasteiger partial charge in [-0.3, -0.25) is 14.7 Å². The second-order valence-corrected chi connectivity index (χ2v) is 8.08. The Hall–Kier alpha value is -2.73. The minimum atomic E-state index is 0.0106. The van der Waals surface area contributed by atoms with E-state index in [0.29, 0.717) is 17.7 Å². The quantitative estimate of drug-likeness (QED) is 0.706. The van der Waals surface area contributed by atoms with Crippen molar-refractivity contribution >= 4 is 16.8 Å². The number of piperidine rings is 1. The Labute approximate surface area is 164 Å². The van der Waals surface area contributed by atoms with Gasteiger partial charge in [-0.25, -0.2) is 4.98 Å². The second-order valence-electron chi connectivity index (χ2n) is 8.08. The number of benzene rings is 1. The normalized spacial score (nSPS) is 22.5. The van der Waals surface area contributed by atoms with Gasteiger partial charge < -0.3 is 9.47 Å². The lowest BCUT2D eigenvalue weighted by Gasteiger charge is -2.36. The summed E-state index contributed by atoms with van der Waals surface area (Å²) in [5.41, 5.74) is 3.06. The monoisotopic (exact) mass is 375 g/mol. The minimum absolute atomic E-state index is 0.0106. The van der Waals surface area contributed by atoms with Gasteiger partial charge in [0.25, 0.3) is 5.91 Å². The molecule has 0 unspecified atom stereocenters. The van der Waals surface area contributed by atoms with Gasteiger partial charge in [-0.05, 0) is 36.3 Å². The van der Waals surface area contributed by atoms with Crippen molar-refractivity contribution in [3.63, 3.8) is 0 Å². The molecule has 3 aliphatic heterocycles. The number of amides is 1. The number of nitrogens with zero attached hydrogens (tertiary/aromatic N) is 5. The van der Waals surface area contributed by atoms with Gasteiger partial charge in [0.1, 0.15) is 5.69 Å². The number of fused-ring (bicyclic) bond motifs is 5. The van der Waals surface area contributed by atoms with Crippen LogP contribution in [-0.2, 0) is 13.6 Å². The first-order chi connectivity index (χ1) is 13.7. The first-order valence-corrected chi connectivity index (χ1v) is 10.0. The maximum absolute atomic E-state index is 12.9. The van der Waals surface area contributed by atoms with Crippen LogP contribution in [0.2, 0.25) is 0 Å². The van der Waals surface area contributed by atoms with Crippen molar-refractivity contribution in [2.24, 2.45) is 13.0 Å². The van der Waals surface area contributed by atoms with Crippen LogP contribution in [0, 0.1) is 5.92 Å². The van der Waals surface area contributed by atoms with Crippen molar-refractivity contribution in [1.82, 2.24) is 24.3 Å². The SMILES string of the molecule is Cn1c(CN2C[C@H]3CC[C@@H]2CN(C(=O)c2cnccn2)C3)cc2ccccc21. The zero-order chi connectivity index (χ0) is 19.1. The molecular formula is C22H25N5O. The topological polar surface area (TPSA) is 54.3 Å². The molecule has 144 valence electrons. The maximum Gasteiger partial charge on any atom is 0.274 e. The molecule has 3 aromatic rings. The molecule has 0 aliphatic carbocycles. The van der Waals surface area contributed by atoms with Gasteiger partial charge in [-0.1, -0.05) is 18.2 Å². The van der Waals surface area contributed by atoms with Crippen LogP contribution in [-0.4, -0.2) is 55.9 Å². The molecule has 0 radical (unpaired) electrons. The molecule has 5 heterocycles. The Morgan fingerprint density at radius 1 is 1.14 bits per heavy atom. The van der Waals surface area contributed by atoms with Crippen molar-refractivity contribution < 1.29 is 4.79 Å². The van der Waals surface area contributed by atoms with Crippen LogP contribution in [0.1, 0.15) is 29.0 Å². The van der Waals surface area contributed by atoms with E-state index in [-0.39, 0.29) is 5.91 Å². The van der Waals surface area contributed by atoms with E-state index in [2.05, 4.69) is 56.8 Å². The van der Waals surface area contributed by atoms with E-state index >= 15 is 0 Å². The molecule has 2 aromatic heterocycles. The van der Waals surface area contributed by atoms with Crippen LogP contribution in [0.15, 0.2) is 48.9 Å². The number of rotatable bonds is 3. The van der Waals surface area contributed by atoms with Gasteiger partial charge >= 0.3 is 0 Å². The lowest BCUT2D eigenvalue weighted by molar-refractivity contribution is 0.0729. The van der Waals surface area contributed by atoms with E-state index in [1.165, 1.54) is 23.0 Å². The average Bonchev–Trinajstić information content (AvgIpc) is 2.89. The molecule has 2 atom stereocenters. The number of aryl methyl sites for hydroxylation is 1. The van der Waals surface area contributed by atoms with Crippen LogP contribution < -0.4 is 0 Å². The van der Waals surface area contributed by atoms with E-state index in [4.69, 9.17) is 0 Å². The first-order valence-electron chi connectivity index (χ1n) is 10.0. The third-order valence-electron chi connectivity index (χ3n) is 6.31. The molecule has 1 amide bonds. The van der Waals surface area contributed by atoms with Gasteiger partial charge in [-0.15, -0.1) is 0 Å². The predicted molar refractivity (Wildman–Crippen MR) is 108 cm³/mol. The molecule has 6 nitrogen and oxygen atoms in total. The fraction of sp³-hybridized carbons (Fsp3) is 0.409.